The summed E-state index contributed by atoms with van der Waals surface area (Å²) in [5.41, 5.74) is 3.12. The predicted molar refractivity (Wildman–Crippen MR) is 122 cm³/mol. The number of rotatable bonds is 6. The van der Waals surface area contributed by atoms with Crippen molar-refractivity contribution in [3.63, 3.8) is 0 Å². The number of ether oxygens (including phenoxy) is 1. The fourth-order valence-electron chi connectivity index (χ4n) is 3.84. The average Bonchev–Trinajstić information content (AvgIpc) is 3.08. The van der Waals surface area contributed by atoms with Crippen LogP contribution in [0.2, 0.25) is 10.0 Å². The van der Waals surface area contributed by atoms with Crippen LogP contribution in [-0.4, -0.2) is 43.8 Å². The van der Waals surface area contributed by atoms with Gasteiger partial charge in [-0.05, 0) is 29.3 Å². The Hall–Kier alpha value is -2.45. The first-order chi connectivity index (χ1) is 15.5. The molecule has 2 aliphatic heterocycles. The molecule has 0 saturated carbocycles. The zero-order valence-corrected chi connectivity index (χ0v) is 18.8. The highest BCUT2D eigenvalue weighted by Crippen LogP contribution is 2.32. The minimum absolute atomic E-state index is 0.0287. The first-order valence-corrected chi connectivity index (χ1v) is 11.1. The molecule has 9 heteroatoms. The van der Waals surface area contributed by atoms with Gasteiger partial charge in [-0.2, -0.15) is 0 Å². The number of benzene rings is 2. The van der Waals surface area contributed by atoms with Crippen LogP contribution >= 0.6 is 23.2 Å². The number of oxime groups is 1. The van der Waals surface area contributed by atoms with Crippen molar-refractivity contribution in [1.82, 2.24) is 10.6 Å². The van der Waals surface area contributed by atoms with Crippen molar-refractivity contribution in [2.45, 2.75) is 18.9 Å². The SMILES string of the molecule is O=C(Cc1cccc(C2=NOC(=O)C2)c1)NC[C@@H]1CNCCO[C@H]1c1ccc(Cl)c(Cl)c1. The topological polar surface area (TPSA) is 89.0 Å². The highest BCUT2D eigenvalue weighted by molar-refractivity contribution is 6.42. The molecule has 4 rings (SSSR count). The largest absolute Gasteiger partial charge is 0.372 e. The van der Waals surface area contributed by atoms with Crippen LogP contribution in [-0.2, 0) is 25.6 Å². The fourth-order valence-corrected chi connectivity index (χ4v) is 4.15. The summed E-state index contributed by atoms with van der Waals surface area (Å²) in [6, 6.07) is 12.9. The van der Waals surface area contributed by atoms with E-state index in [1.54, 1.807) is 6.07 Å². The van der Waals surface area contributed by atoms with Crippen LogP contribution in [0, 0.1) is 5.92 Å². The minimum atomic E-state index is -0.376. The number of carbonyl (C=O) groups excluding carboxylic acids is 2. The Balaban J connectivity index is 1.38. The number of hydrogen-bond donors (Lipinski definition) is 2. The quantitative estimate of drug-likeness (QED) is 0.625. The predicted octanol–water partition coefficient (Wildman–Crippen LogP) is 3.28. The summed E-state index contributed by atoms with van der Waals surface area (Å²) in [5, 5.41) is 11.1. The molecule has 0 radical (unpaired) electrons. The molecule has 0 aliphatic carbocycles. The highest BCUT2D eigenvalue weighted by Gasteiger charge is 2.27. The van der Waals surface area contributed by atoms with E-state index in [0.29, 0.717) is 35.5 Å². The van der Waals surface area contributed by atoms with Gasteiger partial charge in [0.1, 0.15) is 0 Å². The monoisotopic (exact) mass is 475 g/mol. The van der Waals surface area contributed by atoms with Crippen molar-refractivity contribution in [1.29, 1.82) is 0 Å². The van der Waals surface area contributed by atoms with Crippen LogP contribution in [0.1, 0.15) is 29.2 Å². The van der Waals surface area contributed by atoms with Gasteiger partial charge in [-0.15, -0.1) is 0 Å². The molecule has 7 nitrogen and oxygen atoms in total. The van der Waals surface area contributed by atoms with Gasteiger partial charge in [0.2, 0.25) is 5.91 Å². The van der Waals surface area contributed by atoms with Crippen molar-refractivity contribution >= 4 is 40.8 Å². The van der Waals surface area contributed by atoms with Gasteiger partial charge in [-0.1, -0.05) is 52.6 Å². The zero-order chi connectivity index (χ0) is 22.5. The lowest BCUT2D eigenvalue weighted by Gasteiger charge is -2.25. The second kappa shape index (κ2) is 10.4. The molecule has 168 valence electrons. The number of nitrogens with zero attached hydrogens (tertiary/aromatic N) is 1. The van der Waals surface area contributed by atoms with Crippen LogP contribution in [0.5, 0.6) is 0 Å². The molecular weight excluding hydrogens is 453 g/mol. The molecule has 0 spiro atoms. The van der Waals surface area contributed by atoms with Gasteiger partial charge in [0.25, 0.3) is 0 Å². The van der Waals surface area contributed by atoms with Gasteiger partial charge in [0, 0.05) is 31.1 Å². The molecule has 2 heterocycles. The maximum atomic E-state index is 12.6. The summed E-state index contributed by atoms with van der Waals surface area (Å²) in [5.74, 6) is -0.445. The number of nitrogens with one attached hydrogen (secondary N) is 2. The lowest BCUT2D eigenvalue weighted by atomic mass is 9.95. The van der Waals surface area contributed by atoms with E-state index in [0.717, 1.165) is 23.2 Å². The molecule has 1 saturated heterocycles. The Kier molecular flexibility index (Phi) is 7.42. The van der Waals surface area contributed by atoms with Crippen LogP contribution in [0.4, 0.5) is 0 Å². The fraction of sp³-hybridized carbons (Fsp3) is 0.348. The molecule has 2 aromatic carbocycles. The molecule has 2 aromatic rings. The van der Waals surface area contributed by atoms with Gasteiger partial charge >= 0.3 is 5.97 Å². The molecule has 0 unspecified atom stereocenters. The Morgan fingerprint density at radius 3 is 2.84 bits per heavy atom. The third-order valence-corrected chi connectivity index (χ3v) is 6.18. The van der Waals surface area contributed by atoms with Gasteiger partial charge in [0.15, 0.2) is 0 Å². The van der Waals surface area contributed by atoms with Gasteiger partial charge in [-0.3, -0.25) is 4.79 Å². The zero-order valence-electron chi connectivity index (χ0n) is 17.3. The summed E-state index contributed by atoms with van der Waals surface area (Å²) in [7, 11) is 0. The average molecular weight is 476 g/mol. The van der Waals surface area contributed by atoms with Crippen LogP contribution in [0.25, 0.3) is 0 Å². The summed E-state index contributed by atoms with van der Waals surface area (Å²) in [6.45, 7) is 2.46. The van der Waals surface area contributed by atoms with E-state index in [1.165, 1.54) is 0 Å². The molecule has 2 N–H and O–H groups in total. The maximum absolute atomic E-state index is 12.6. The van der Waals surface area contributed by atoms with Crippen LogP contribution in [0.3, 0.4) is 0 Å². The van der Waals surface area contributed by atoms with Gasteiger partial charge < -0.3 is 20.2 Å². The van der Waals surface area contributed by atoms with E-state index in [2.05, 4.69) is 20.6 Å². The maximum Gasteiger partial charge on any atom is 0.341 e. The summed E-state index contributed by atoms with van der Waals surface area (Å²) in [4.78, 5) is 28.6. The number of hydrogen-bond acceptors (Lipinski definition) is 6. The standard InChI is InChI=1S/C23H23Cl2N3O4/c24-18-5-4-16(10-19(18)25)23-17(12-26-6-7-31-23)13-27-21(29)9-14-2-1-3-15(8-14)20-11-22(30)32-28-20/h1-5,8,10,17,23,26H,6-7,9,11-13H2,(H,27,29)/t17-,23-/m0/s1. The molecule has 1 fully saturated rings. The summed E-state index contributed by atoms with van der Waals surface area (Å²) < 4.78 is 6.06. The van der Waals surface area contributed by atoms with E-state index in [-0.39, 0.29) is 36.7 Å². The van der Waals surface area contributed by atoms with Crippen LogP contribution in [0.15, 0.2) is 47.6 Å². The first-order valence-electron chi connectivity index (χ1n) is 10.4. The van der Waals surface area contributed by atoms with Crippen molar-refractivity contribution < 1.29 is 19.2 Å². The lowest BCUT2D eigenvalue weighted by Crippen LogP contribution is -2.37. The normalized spacial score (nSPS) is 20.9. The Morgan fingerprint density at radius 2 is 2.06 bits per heavy atom. The molecule has 32 heavy (non-hydrogen) atoms. The van der Waals surface area contributed by atoms with Crippen molar-refractivity contribution in [2.75, 3.05) is 26.2 Å². The molecule has 2 aliphatic rings. The van der Waals surface area contributed by atoms with Gasteiger partial charge in [0.05, 0.1) is 41.3 Å². The molecule has 1 amide bonds. The first kappa shape index (κ1) is 22.7. The summed E-state index contributed by atoms with van der Waals surface area (Å²) in [6.07, 6.45) is 0.149. The second-order valence-electron chi connectivity index (χ2n) is 7.79. The molecule has 0 bridgehead atoms. The van der Waals surface area contributed by atoms with Crippen molar-refractivity contribution in [2.24, 2.45) is 11.1 Å². The highest BCUT2D eigenvalue weighted by atomic mass is 35.5. The van der Waals surface area contributed by atoms with Crippen molar-refractivity contribution in [3.05, 3.63) is 69.2 Å². The molecular formula is C23H23Cl2N3O4. The van der Waals surface area contributed by atoms with E-state index in [9.17, 15) is 9.59 Å². The second-order valence-corrected chi connectivity index (χ2v) is 8.60. The van der Waals surface area contributed by atoms with E-state index < -0.39 is 0 Å². The Morgan fingerprint density at radius 1 is 1.19 bits per heavy atom. The third kappa shape index (κ3) is 5.66. The van der Waals surface area contributed by atoms with E-state index >= 15 is 0 Å². The summed E-state index contributed by atoms with van der Waals surface area (Å²) >= 11 is 12.3. The molecule has 0 aromatic heterocycles. The number of amides is 1. The van der Waals surface area contributed by atoms with E-state index in [4.69, 9.17) is 27.9 Å². The minimum Gasteiger partial charge on any atom is -0.372 e. The lowest BCUT2D eigenvalue weighted by molar-refractivity contribution is -0.140. The smallest absolute Gasteiger partial charge is 0.341 e. The third-order valence-electron chi connectivity index (χ3n) is 5.44. The molecule has 2 atom stereocenters. The van der Waals surface area contributed by atoms with Gasteiger partial charge in [-0.25, -0.2) is 4.79 Å². The van der Waals surface area contributed by atoms with E-state index in [1.807, 2.05) is 36.4 Å². The van der Waals surface area contributed by atoms with Crippen LogP contribution < -0.4 is 10.6 Å². The Labute approximate surface area is 196 Å². The van der Waals surface area contributed by atoms with Crippen molar-refractivity contribution in [3.8, 4) is 0 Å². The number of carbonyl (C=O) groups is 2. The number of halogens is 2. The Bertz CT molecular complexity index is 1040.